The molecule has 0 saturated carbocycles. The lowest BCUT2D eigenvalue weighted by Gasteiger charge is -2.31. The smallest absolute Gasteiger partial charge is 0.292 e. The van der Waals surface area contributed by atoms with Gasteiger partial charge < -0.3 is 19.4 Å². The molecule has 1 aromatic heterocycles. The van der Waals surface area contributed by atoms with Gasteiger partial charge in [-0.3, -0.25) is 4.79 Å². The Kier molecular flexibility index (Phi) is 4.64. The van der Waals surface area contributed by atoms with E-state index < -0.39 is 6.10 Å². The molecule has 0 aliphatic carbocycles. The second kappa shape index (κ2) is 6.70. The predicted molar refractivity (Wildman–Crippen MR) is 85.9 cm³/mol. The number of hydrogen-bond acceptors (Lipinski definition) is 5. The van der Waals surface area contributed by atoms with E-state index in [-0.39, 0.29) is 17.5 Å². The third-order valence-electron chi connectivity index (χ3n) is 4.25. The number of benzene rings is 1. The van der Waals surface area contributed by atoms with Crippen molar-refractivity contribution in [1.82, 2.24) is 15.0 Å². The fourth-order valence-corrected chi connectivity index (χ4v) is 2.81. The molecular formula is C17H20FN3O3. The normalized spacial score (nSPS) is 17.1. The van der Waals surface area contributed by atoms with Crippen molar-refractivity contribution in [2.45, 2.75) is 13.0 Å². The van der Waals surface area contributed by atoms with Gasteiger partial charge in [-0.2, -0.15) is 0 Å². The van der Waals surface area contributed by atoms with E-state index in [9.17, 15) is 14.3 Å². The van der Waals surface area contributed by atoms with Gasteiger partial charge in [-0.25, -0.2) is 4.39 Å². The molecule has 2 heterocycles. The van der Waals surface area contributed by atoms with E-state index in [1.807, 2.05) is 7.05 Å². The fourth-order valence-electron chi connectivity index (χ4n) is 2.81. The van der Waals surface area contributed by atoms with Crippen LogP contribution in [-0.4, -0.2) is 59.2 Å². The van der Waals surface area contributed by atoms with Gasteiger partial charge in [0, 0.05) is 31.7 Å². The van der Waals surface area contributed by atoms with Crippen LogP contribution >= 0.6 is 0 Å². The first kappa shape index (κ1) is 16.6. The largest absolute Gasteiger partial charge is 0.388 e. The Hall–Kier alpha value is -2.25. The zero-order chi connectivity index (χ0) is 17.3. The molecule has 1 amide bonds. The lowest BCUT2D eigenvalue weighted by molar-refractivity contribution is 0.0615. The van der Waals surface area contributed by atoms with Crippen molar-refractivity contribution in [3.63, 3.8) is 0 Å². The molecule has 6 nitrogen and oxygen atoms in total. The van der Waals surface area contributed by atoms with E-state index in [0.717, 1.165) is 13.1 Å². The third-order valence-corrected chi connectivity index (χ3v) is 4.25. The minimum absolute atomic E-state index is 0.0499. The number of hydrogen-bond donors (Lipinski definition) is 1. The van der Waals surface area contributed by atoms with Gasteiger partial charge in [0.15, 0.2) is 0 Å². The first-order valence-corrected chi connectivity index (χ1v) is 7.88. The van der Waals surface area contributed by atoms with Gasteiger partial charge in [0.2, 0.25) is 5.76 Å². The van der Waals surface area contributed by atoms with Crippen molar-refractivity contribution in [2.75, 3.05) is 33.2 Å². The number of carbonyl (C=O) groups is 1. The van der Waals surface area contributed by atoms with Crippen LogP contribution in [0.2, 0.25) is 0 Å². The van der Waals surface area contributed by atoms with Crippen LogP contribution in [0.1, 0.15) is 29.1 Å². The van der Waals surface area contributed by atoms with Gasteiger partial charge in [0.05, 0.1) is 11.7 Å². The Morgan fingerprint density at radius 2 is 1.88 bits per heavy atom. The molecule has 0 spiro atoms. The topological polar surface area (TPSA) is 69.8 Å². The molecule has 1 aliphatic heterocycles. The minimum Gasteiger partial charge on any atom is -0.388 e. The van der Waals surface area contributed by atoms with Gasteiger partial charge in [0.1, 0.15) is 11.5 Å². The zero-order valence-corrected chi connectivity index (χ0v) is 13.7. The monoisotopic (exact) mass is 333 g/mol. The van der Waals surface area contributed by atoms with Crippen molar-refractivity contribution >= 4 is 5.91 Å². The molecule has 7 heteroatoms. The molecule has 1 aromatic carbocycles. The van der Waals surface area contributed by atoms with Crippen LogP contribution in [0.4, 0.5) is 4.39 Å². The second-order valence-corrected chi connectivity index (χ2v) is 6.05. The molecule has 24 heavy (non-hydrogen) atoms. The predicted octanol–water partition coefficient (Wildman–Crippen LogP) is 1.92. The van der Waals surface area contributed by atoms with Crippen LogP contribution in [-0.2, 0) is 0 Å². The maximum absolute atomic E-state index is 13.1. The van der Waals surface area contributed by atoms with Gasteiger partial charge >= 0.3 is 0 Å². The summed E-state index contributed by atoms with van der Waals surface area (Å²) in [6.07, 6.45) is -0.928. The van der Waals surface area contributed by atoms with Crippen LogP contribution in [0.5, 0.6) is 0 Å². The molecular weight excluding hydrogens is 313 g/mol. The molecule has 1 fully saturated rings. The highest BCUT2D eigenvalue weighted by atomic mass is 19.1. The van der Waals surface area contributed by atoms with E-state index in [1.165, 1.54) is 12.1 Å². The summed E-state index contributed by atoms with van der Waals surface area (Å²) in [7, 11) is 2.00. The highest BCUT2D eigenvalue weighted by Gasteiger charge is 2.30. The summed E-state index contributed by atoms with van der Waals surface area (Å²) in [5.74, 6) is -0.594. The van der Waals surface area contributed by atoms with Crippen LogP contribution in [0.25, 0.3) is 11.3 Å². The van der Waals surface area contributed by atoms with Gasteiger partial charge in [-0.05, 0) is 38.2 Å². The number of aliphatic hydroxyl groups is 1. The Morgan fingerprint density at radius 1 is 1.25 bits per heavy atom. The third kappa shape index (κ3) is 3.18. The number of halogens is 1. The summed E-state index contributed by atoms with van der Waals surface area (Å²) in [6, 6.07) is 5.70. The van der Waals surface area contributed by atoms with Crippen LogP contribution in [0, 0.1) is 5.82 Å². The molecule has 1 saturated heterocycles. The number of likely N-dealkylation sites (N-methyl/N-ethyl adjacent to an activating group) is 1. The maximum Gasteiger partial charge on any atom is 0.292 e. The molecule has 128 valence electrons. The quantitative estimate of drug-likeness (QED) is 0.929. The highest BCUT2D eigenvalue weighted by Crippen LogP contribution is 2.31. The van der Waals surface area contributed by atoms with Crippen LogP contribution in [0.3, 0.4) is 0 Å². The van der Waals surface area contributed by atoms with Crippen LogP contribution < -0.4 is 0 Å². The standard InChI is InChI=1S/C17H20FN3O3/c1-11(22)14-15(12-3-5-13(18)6-4-12)19-24-16(14)17(23)21-9-7-20(2)8-10-21/h3-6,11,22H,7-10H2,1-2H3. The average Bonchev–Trinajstić information content (AvgIpc) is 3.01. The lowest BCUT2D eigenvalue weighted by Crippen LogP contribution is -2.47. The maximum atomic E-state index is 13.1. The van der Waals surface area contributed by atoms with Gasteiger partial charge in [-0.1, -0.05) is 5.16 Å². The molecule has 1 atom stereocenters. The Bertz CT molecular complexity index is 719. The molecule has 0 bridgehead atoms. The lowest BCUT2D eigenvalue weighted by atomic mass is 10.0. The number of nitrogens with zero attached hydrogens (tertiary/aromatic N) is 3. The summed E-state index contributed by atoms with van der Waals surface area (Å²) in [5.41, 5.74) is 1.29. The number of carbonyl (C=O) groups excluding carboxylic acids is 1. The van der Waals surface area contributed by atoms with E-state index in [1.54, 1.807) is 24.0 Å². The number of amides is 1. The minimum atomic E-state index is -0.928. The zero-order valence-electron chi connectivity index (χ0n) is 13.7. The van der Waals surface area contributed by atoms with Crippen LogP contribution in [0.15, 0.2) is 28.8 Å². The highest BCUT2D eigenvalue weighted by molar-refractivity contribution is 5.94. The number of aromatic nitrogens is 1. The number of aliphatic hydroxyl groups excluding tert-OH is 1. The van der Waals surface area contributed by atoms with Crippen molar-refractivity contribution < 1.29 is 18.8 Å². The molecule has 0 radical (unpaired) electrons. The second-order valence-electron chi connectivity index (χ2n) is 6.05. The number of rotatable bonds is 3. The Labute approximate surface area is 139 Å². The SMILES string of the molecule is CC(O)c1c(-c2ccc(F)cc2)noc1C(=O)N1CCN(C)CC1. The van der Waals surface area contributed by atoms with Crippen molar-refractivity contribution in [1.29, 1.82) is 0 Å². The van der Waals surface area contributed by atoms with Gasteiger partial charge in [0.25, 0.3) is 5.91 Å². The summed E-state index contributed by atoms with van der Waals surface area (Å²) >= 11 is 0. The van der Waals surface area contributed by atoms with Gasteiger partial charge in [-0.15, -0.1) is 0 Å². The Morgan fingerprint density at radius 3 is 2.46 bits per heavy atom. The first-order chi connectivity index (χ1) is 11.5. The molecule has 3 rings (SSSR count). The molecule has 2 aromatic rings. The van der Waals surface area contributed by atoms with E-state index in [2.05, 4.69) is 10.1 Å². The summed E-state index contributed by atoms with van der Waals surface area (Å²) in [5, 5.41) is 14.1. The average molecular weight is 333 g/mol. The van der Waals surface area contributed by atoms with E-state index in [4.69, 9.17) is 4.52 Å². The fraction of sp³-hybridized carbons (Fsp3) is 0.412. The summed E-state index contributed by atoms with van der Waals surface area (Å²) in [4.78, 5) is 16.6. The number of piperazine rings is 1. The molecule has 1 N–H and O–H groups in total. The molecule has 1 unspecified atom stereocenters. The van der Waals surface area contributed by atoms with E-state index in [0.29, 0.717) is 29.9 Å². The van der Waals surface area contributed by atoms with Crippen molar-refractivity contribution in [3.05, 3.63) is 41.4 Å². The summed E-state index contributed by atoms with van der Waals surface area (Å²) < 4.78 is 18.4. The Balaban J connectivity index is 1.94. The first-order valence-electron chi connectivity index (χ1n) is 7.88. The molecule has 1 aliphatic rings. The van der Waals surface area contributed by atoms with Crippen molar-refractivity contribution in [2.24, 2.45) is 0 Å². The van der Waals surface area contributed by atoms with E-state index >= 15 is 0 Å². The summed E-state index contributed by atoms with van der Waals surface area (Å²) in [6.45, 7) is 4.33. The van der Waals surface area contributed by atoms with Crippen molar-refractivity contribution in [3.8, 4) is 11.3 Å².